The van der Waals surface area contributed by atoms with Crippen LogP contribution in [-0.4, -0.2) is 6.61 Å². The Hall–Kier alpha value is -3.27. The molecule has 1 aliphatic carbocycles. The third-order valence-corrected chi connectivity index (χ3v) is 6.27. The molecule has 0 fully saturated rings. The van der Waals surface area contributed by atoms with Crippen LogP contribution in [0.3, 0.4) is 0 Å². The van der Waals surface area contributed by atoms with Gasteiger partial charge in [0.1, 0.15) is 5.82 Å². The molecule has 0 bridgehead atoms. The molecule has 0 saturated heterocycles. The van der Waals surface area contributed by atoms with Gasteiger partial charge in [-0.3, -0.25) is 0 Å². The van der Waals surface area contributed by atoms with E-state index in [4.69, 9.17) is 4.74 Å². The first-order chi connectivity index (χ1) is 16.5. The summed E-state index contributed by atoms with van der Waals surface area (Å²) in [5.74, 6) is -1.77. The summed E-state index contributed by atoms with van der Waals surface area (Å²) in [6.45, 7) is 4.25. The molecule has 1 nitrogen and oxygen atoms in total. The highest BCUT2D eigenvalue weighted by molar-refractivity contribution is 5.74. The molecule has 0 heterocycles. The van der Waals surface area contributed by atoms with Crippen LogP contribution in [0.25, 0.3) is 27.8 Å². The van der Waals surface area contributed by atoms with Crippen LogP contribution in [0, 0.1) is 23.4 Å². The molecule has 0 radical (unpaired) electrons. The van der Waals surface area contributed by atoms with Gasteiger partial charge >= 0.3 is 0 Å². The van der Waals surface area contributed by atoms with Crippen molar-refractivity contribution in [2.45, 2.75) is 39.5 Å². The maximum Gasteiger partial charge on any atom is 0.201 e. The van der Waals surface area contributed by atoms with Gasteiger partial charge in [-0.2, -0.15) is 4.39 Å². The smallest absolute Gasteiger partial charge is 0.201 e. The summed E-state index contributed by atoms with van der Waals surface area (Å²) in [6, 6.07) is 15.1. The standard InChI is InChI=1S/C30H29F3O/c1-3-5-20-6-8-21(9-7-20)24-14-15-25(27(31)19-24)22-10-12-23(13-11-22)26-16-17-28(34-18-4-2)30(33)29(26)32/h3,5,8,10-17,19-20H,4,6-7,9,18H2,1-2H3. The van der Waals surface area contributed by atoms with Gasteiger partial charge in [-0.15, -0.1) is 0 Å². The molecule has 176 valence electrons. The molecule has 1 aliphatic rings. The van der Waals surface area contributed by atoms with E-state index in [1.807, 2.05) is 19.9 Å². The predicted molar refractivity (Wildman–Crippen MR) is 133 cm³/mol. The second-order valence-electron chi connectivity index (χ2n) is 8.65. The van der Waals surface area contributed by atoms with Gasteiger partial charge in [-0.1, -0.05) is 61.5 Å². The molecule has 3 aromatic carbocycles. The monoisotopic (exact) mass is 462 g/mol. The summed E-state index contributed by atoms with van der Waals surface area (Å²) in [5, 5.41) is 0. The minimum atomic E-state index is -0.995. The molecule has 34 heavy (non-hydrogen) atoms. The largest absolute Gasteiger partial charge is 0.490 e. The highest BCUT2D eigenvalue weighted by atomic mass is 19.2. The molecule has 0 aromatic heterocycles. The Morgan fingerprint density at radius 3 is 2.18 bits per heavy atom. The van der Waals surface area contributed by atoms with Crippen LogP contribution < -0.4 is 4.74 Å². The van der Waals surface area contributed by atoms with Crippen LogP contribution in [0.4, 0.5) is 13.2 Å². The molecule has 1 unspecified atom stereocenters. The summed E-state index contributed by atoms with van der Waals surface area (Å²) in [4.78, 5) is 0. The summed E-state index contributed by atoms with van der Waals surface area (Å²) in [7, 11) is 0. The van der Waals surface area contributed by atoms with Crippen molar-refractivity contribution in [3.63, 3.8) is 0 Å². The number of benzene rings is 3. The van der Waals surface area contributed by atoms with E-state index < -0.39 is 11.6 Å². The van der Waals surface area contributed by atoms with Crippen molar-refractivity contribution in [3.05, 3.63) is 95.8 Å². The van der Waals surface area contributed by atoms with Crippen molar-refractivity contribution in [1.29, 1.82) is 0 Å². The number of hydrogen-bond acceptors (Lipinski definition) is 1. The van der Waals surface area contributed by atoms with E-state index in [-0.39, 0.29) is 17.1 Å². The van der Waals surface area contributed by atoms with Gasteiger partial charge in [0.2, 0.25) is 5.82 Å². The topological polar surface area (TPSA) is 9.23 Å². The van der Waals surface area contributed by atoms with Gasteiger partial charge in [-0.05, 0) is 79.0 Å². The van der Waals surface area contributed by atoms with Crippen LogP contribution >= 0.6 is 0 Å². The lowest BCUT2D eigenvalue weighted by Crippen LogP contribution is -2.02. The maximum absolute atomic E-state index is 15.0. The highest BCUT2D eigenvalue weighted by Gasteiger charge is 2.17. The third kappa shape index (κ3) is 5.11. The van der Waals surface area contributed by atoms with E-state index in [0.717, 1.165) is 24.8 Å². The second-order valence-corrected chi connectivity index (χ2v) is 8.65. The van der Waals surface area contributed by atoms with E-state index in [1.165, 1.54) is 17.7 Å². The zero-order valence-electron chi connectivity index (χ0n) is 19.6. The fourth-order valence-corrected chi connectivity index (χ4v) is 4.42. The van der Waals surface area contributed by atoms with Crippen LogP contribution in [0.1, 0.15) is 45.1 Å². The Kier molecular flexibility index (Phi) is 7.56. The Balaban J connectivity index is 1.54. The average molecular weight is 463 g/mol. The molecule has 4 rings (SSSR count). The fraction of sp³-hybridized carbons (Fsp3) is 0.267. The van der Waals surface area contributed by atoms with Crippen molar-refractivity contribution in [2.24, 2.45) is 5.92 Å². The van der Waals surface area contributed by atoms with Gasteiger partial charge in [0, 0.05) is 11.1 Å². The molecule has 1 atom stereocenters. The first-order valence-corrected chi connectivity index (χ1v) is 11.8. The number of rotatable bonds is 7. The Morgan fingerprint density at radius 2 is 1.56 bits per heavy atom. The highest BCUT2D eigenvalue weighted by Crippen LogP contribution is 2.35. The van der Waals surface area contributed by atoms with Crippen molar-refractivity contribution >= 4 is 5.57 Å². The quantitative estimate of drug-likeness (QED) is 0.318. The van der Waals surface area contributed by atoms with Crippen molar-refractivity contribution in [3.8, 4) is 28.0 Å². The van der Waals surface area contributed by atoms with Crippen LogP contribution in [0.2, 0.25) is 0 Å². The first-order valence-electron chi connectivity index (χ1n) is 11.8. The van der Waals surface area contributed by atoms with E-state index in [1.54, 1.807) is 36.4 Å². The van der Waals surface area contributed by atoms with Crippen LogP contribution in [0.5, 0.6) is 5.75 Å². The second kappa shape index (κ2) is 10.8. The van der Waals surface area contributed by atoms with Crippen molar-refractivity contribution in [2.75, 3.05) is 6.61 Å². The van der Waals surface area contributed by atoms with Gasteiger partial charge < -0.3 is 4.74 Å². The van der Waals surface area contributed by atoms with Crippen molar-refractivity contribution < 1.29 is 17.9 Å². The summed E-state index contributed by atoms with van der Waals surface area (Å²) < 4.78 is 49.3. The van der Waals surface area contributed by atoms with Crippen LogP contribution in [-0.2, 0) is 0 Å². The molecular weight excluding hydrogens is 433 g/mol. The normalized spacial score (nSPS) is 16.0. The minimum absolute atomic E-state index is 0.0905. The lowest BCUT2D eigenvalue weighted by Gasteiger charge is -2.20. The number of ether oxygens (including phenoxy) is 1. The average Bonchev–Trinajstić information content (AvgIpc) is 2.86. The maximum atomic E-state index is 15.0. The van der Waals surface area contributed by atoms with Crippen LogP contribution in [0.15, 0.2) is 72.8 Å². The summed E-state index contributed by atoms with van der Waals surface area (Å²) in [5.41, 5.74) is 3.92. The molecule has 0 amide bonds. The predicted octanol–water partition coefficient (Wildman–Crippen LogP) is 8.99. The molecular formula is C30H29F3O. The Labute approximate surface area is 199 Å². The Morgan fingerprint density at radius 1 is 0.882 bits per heavy atom. The number of allylic oxidation sites excluding steroid dienone is 4. The fourth-order valence-electron chi connectivity index (χ4n) is 4.42. The van der Waals surface area contributed by atoms with E-state index in [2.05, 4.69) is 18.2 Å². The lowest BCUT2D eigenvalue weighted by molar-refractivity contribution is 0.295. The van der Waals surface area contributed by atoms with Crippen molar-refractivity contribution in [1.82, 2.24) is 0 Å². The molecule has 0 aliphatic heterocycles. The SMILES string of the molecule is CC=CC1CC=C(c2ccc(-c3ccc(-c4ccc(OCCC)c(F)c4F)cc3)c(F)c2)CC1. The zero-order valence-corrected chi connectivity index (χ0v) is 19.6. The minimum Gasteiger partial charge on any atom is -0.490 e. The summed E-state index contributed by atoms with van der Waals surface area (Å²) in [6.07, 6.45) is 10.2. The number of hydrogen-bond donors (Lipinski definition) is 0. The third-order valence-electron chi connectivity index (χ3n) is 6.27. The molecule has 0 spiro atoms. The van der Waals surface area contributed by atoms with E-state index >= 15 is 4.39 Å². The summed E-state index contributed by atoms with van der Waals surface area (Å²) >= 11 is 0. The van der Waals surface area contributed by atoms with Gasteiger partial charge in [0.15, 0.2) is 11.6 Å². The van der Waals surface area contributed by atoms with Gasteiger partial charge in [0.05, 0.1) is 6.61 Å². The van der Waals surface area contributed by atoms with Gasteiger partial charge in [-0.25, -0.2) is 8.78 Å². The molecule has 3 aromatic rings. The zero-order chi connectivity index (χ0) is 24.1. The van der Waals surface area contributed by atoms with E-state index in [0.29, 0.717) is 35.6 Å². The lowest BCUT2D eigenvalue weighted by atomic mass is 9.86. The van der Waals surface area contributed by atoms with E-state index in [9.17, 15) is 8.78 Å². The molecule has 0 N–H and O–H groups in total. The molecule has 4 heteroatoms. The molecule has 0 saturated carbocycles. The number of halogens is 3. The van der Waals surface area contributed by atoms with Gasteiger partial charge in [0.25, 0.3) is 0 Å². The first kappa shape index (κ1) is 23.9. The Bertz CT molecular complexity index is 1210.